The summed E-state index contributed by atoms with van der Waals surface area (Å²) in [4.78, 5) is 13.5. The SMILES string of the molecule is N#Cc1c(NC(=O)C2CCCCC2)sc2c1CCNC2. The Morgan fingerprint density at radius 3 is 2.90 bits per heavy atom. The molecule has 5 heteroatoms. The van der Waals surface area contributed by atoms with Crippen LogP contribution in [0, 0.1) is 17.2 Å². The van der Waals surface area contributed by atoms with Crippen molar-refractivity contribution in [3.63, 3.8) is 0 Å². The topological polar surface area (TPSA) is 64.9 Å². The summed E-state index contributed by atoms with van der Waals surface area (Å²) < 4.78 is 0. The van der Waals surface area contributed by atoms with Gasteiger partial charge < -0.3 is 10.6 Å². The molecule has 0 atom stereocenters. The molecule has 0 aromatic carbocycles. The molecule has 106 valence electrons. The molecule has 20 heavy (non-hydrogen) atoms. The van der Waals surface area contributed by atoms with Gasteiger partial charge in [0.25, 0.3) is 0 Å². The summed E-state index contributed by atoms with van der Waals surface area (Å²) in [6, 6.07) is 2.28. The Balaban J connectivity index is 1.78. The summed E-state index contributed by atoms with van der Waals surface area (Å²) in [5, 5.41) is 16.5. The summed E-state index contributed by atoms with van der Waals surface area (Å²) in [6.07, 6.45) is 6.39. The minimum atomic E-state index is 0.104. The average molecular weight is 289 g/mol. The van der Waals surface area contributed by atoms with Gasteiger partial charge in [-0.15, -0.1) is 11.3 Å². The van der Waals surface area contributed by atoms with Crippen molar-refractivity contribution in [2.75, 3.05) is 11.9 Å². The van der Waals surface area contributed by atoms with E-state index >= 15 is 0 Å². The van der Waals surface area contributed by atoms with Crippen LogP contribution < -0.4 is 10.6 Å². The van der Waals surface area contributed by atoms with Crippen LogP contribution in [0.25, 0.3) is 0 Å². The molecule has 2 N–H and O–H groups in total. The molecule has 0 bridgehead atoms. The van der Waals surface area contributed by atoms with Crippen LogP contribution >= 0.6 is 11.3 Å². The van der Waals surface area contributed by atoms with Crippen molar-refractivity contribution in [2.24, 2.45) is 5.92 Å². The largest absolute Gasteiger partial charge is 0.316 e. The van der Waals surface area contributed by atoms with Crippen molar-refractivity contribution in [1.29, 1.82) is 5.26 Å². The van der Waals surface area contributed by atoms with Gasteiger partial charge in [-0.05, 0) is 31.4 Å². The van der Waals surface area contributed by atoms with Crippen LogP contribution in [0.5, 0.6) is 0 Å². The first kappa shape index (κ1) is 13.6. The molecule has 1 aliphatic heterocycles. The molecule has 4 nitrogen and oxygen atoms in total. The second kappa shape index (κ2) is 5.94. The van der Waals surface area contributed by atoms with E-state index in [1.807, 2.05) is 0 Å². The van der Waals surface area contributed by atoms with Gasteiger partial charge in [0, 0.05) is 17.3 Å². The second-order valence-corrected chi connectivity index (χ2v) is 6.68. The zero-order chi connectivity index (χ0) is 13.9. The van der Waals surface area contributed by atoms with Gasteiger partial charge in [-0.25, -0.2) is 0 Å². The normalized spacial score (nSPS) is 19.1. The third-order valence-electron chi connectivity index (χ3n) is 4.25. The van der Waals surface area contributed by atoms with Gasteiger partial charge in [0.2, 0.25) is 5.91 Å². The van der Waals surface area contributed by atoms with E-state index in [-0.39, 0.29) is 11.8 Å². The third kappa shape index (κ3) is 2.58. The predicted octanol–water partition coefficient (Wildman–Crippen LogP) is 2.78. The minimum Gasteiger partial charge on any atom is -0.316 e. The van der Waals surface area contributed by atoms with Crippen LogP contribution in [0.1, 0.15) is 48.1 Å². The van der Waals surface area contributed by atoms with E-state index in [0.29, 0.717) is 5.56 Å². The number of carbonyl (C=O) groups is 1. The molecular weight excluding hydrogens is 270 g/mol. The number of hydrogen-bond donors (Lipinski definition) is 2. The highest BCUT2D eigenvalue weighted by molar-refractivity contribution is 7.16. The maximum absolute atomic E-state index is 12.3. The molecule has 2 aliphatic rings. The lowest BCUT2D eigenvalue weighted by molar-refractivity contribution is -0.120. The lowest BCUT2D eigenvalue weighted by Gasteiger charge is -2.20. The summed E-state index contributed by atoms with van der Waals surface area (Å²) in [5.41, 5.74) is 1.82. The van der Waals surface area contributed by atoms with Crippen LogP contribution in [0.2, 0.25) is 0 Å². The number of rotatable bonds is 2. The lowest BCUT2D eigenvalue weighted by atomic mass is 9.89. The number of fused-ring (bicyclic) bond motifs is 1. The van der Waals surface area contributed by atoms with Crippen molar-refractivity contribution in [1.82, 2.24) is 5.32 Å². The third-order valence-corrected chi connectivity index (χ3v) is 5.40. The van der Waals surface area contributed by atoms with Crippen molar-refractivity contribution in [3.8, 4) is 6.07 Å². The Hall–Kier alpha value is -1.38. The van der Waals surface area contributed by atoms with E-state index in [4.69, 9.17) is 0 Å². The van der Waals surface area contributed by atoms with Gasteiger partial charge in [0.15, 0.2) is 0 Å². The first-order chi connectivity index (χ1) is 9.79. The van der Waals surface area contributed by atoms with Crippen LogP contribution in [0.15, 0.2) is 0 Å². The van der Waals surface area contributed by atoms with Gasteiger partial charge in [0.05, 0.1) is 5.56 Å². The number of nitriles is 1. The second-order valence-electron chi connectivity index (χ2n) is 5.57. The van der Waals surface area contributed by atoms with Gasteiger partial charge in [-0.2, -0.15) is 5.26 Å². The maximum Gasteiger partial charge on any atom is 0.228 e. The number of amides is 1. The molecule has 3 rings (SSSR count). The zero-order valence-electron chi connectivity index (χ0n) is 11.5. The summed E-state index contributed by atoms with van der Waals surface area (Å²) >= 11 is 1.56. The minimum absolute atomic E-state index is 0.104. The first-order valence-corrected chi connectivity index (χ1v) is 8.17. The van der Waals surface area contributed by atoms with Crippen molar-refractivity contribution >= 4 is 22.2 Å². The highest BCUT2D eigenvalue weighted by Crippen LogP contribution is 2.35. The Bertz CT molecular complexity index is 552. The van der Waals surface area contributed by atoms with E-state index in [1.165, 1.54) is 11.3 Å². The number of nitrogens with one attached hydrogen (secondary N) is 2. The first-order valence-electron chi connectivity index (χ1n) is 7.36. The van der Waals surface area contributed by atoms with Crippen LogP contribution in [-0.2, 0) is 17.8 Å². The van der Waals surface area contributed by atoms with Crippen LogP contribution in [-0.4, -0.2) is 12.5 Å². The van der Waals surface area contributed by atoms with Gasteiger partial charge in [0.1, 0.15) is 11.1 Å². The molecule has 0 saturated heterocycles. The summed E-state index contributed by atoms with van der Waals surface area (Å²) in [5.74, 6) is 0.236. The number of anilines is 1. The van der Waals surface area contributed by atoms with Crippen molar-refractivity contribution < 1.29 is 4.79 Å². The molecule has 0 spiro atoms. The molecule has 1 aromatic rings. The van der Waals surface area contributed by atoms with Crippen LogP contribution in [0.3, 0.4) is 0 Å². The smallest absolute Gasteiger partial charge is 0.228 e. The van der Waals surface area contributed by atoms with E-state index in [9.17, 15) is 10.1 Å². The molecule has 1 saturated carbocycles. The number of carbonyl (C=O) groups excluding carboxylic acids is 1. The predicted molar refractivity (Wildman–Crippen MR) is 79.6 cm³/mol. The number of thiophene rings is 1. The van der Waals surface area contributed by atoms with Gasteiger partial charge in [-0.3, -0.25) is 4.79 Å². The quantitative estimate of drug-likeness (QED) is 0.880. The molecule has 2 heterocycles. The maximum atomic E-state index is 12.3. The molecule has 0 radical (unpaired) electrons. The number of hydrogen-bond acceptors (Lipinski definition) is 4. The van der Waals surface area contributed by atoms with Crippen molar-refractivity contribution in [2.45, 2.75) is 45.1 Å². The lowest BCUT2D eigenvalue weighted by Crippen LogP contribution is -2.24. The van der Waals surface area contributed by atoms with Crippen molar-refractivity contribution in [3.05, 3.63) is 16.0 Å². The van der Waals surface area contributed by atoms with Crippen LogP contribution in [0.4, 0.5) is 5.00 Å². The Morgan fingerprint density at radius 1 is 1.35 bits per heavy atom. The van der Waals surface area contributed by atoms with Gasteiger partial charge in [-0.1, -0.05) is 19.3 Å². The average Bonchev–Trinajstić information content (AvgIpc) is 2.85. The highest BCUT2D eigenvalue weighted by Gasteiger charge is 2.25. The zero-order valence-corrected chi connectivity index (χ0v) is 12.3. The fourth-order valence-electron chi connectivity index (χ4n) is 3.12. The molecular formula is C15H19N3OS. The molecule has 1 amide bonds. The highest BCUT2D eigenvalue weighted by atomic mass is 32.1. The molecule has 1 aliphatic carbocycles. The molecule has 1 aromatic heterocycles. The van der Waals surface area contributed by atoms with E-state index < -0.39 is 0 Å². The van der Waals surface area contributed by atoms with E-state index in [1.54, 1.807) is 11.3 Å². The number of nitrogens with zero attached hydrogens (tertiary/aromatic N) is 1. The van der Waals surface area contributed by atoms with Gasteiger partial charge >= 0.3 is 0 Å². The Morgan fingerprint density at radius 2 is 2.15 bits per heavy atom. The molecule has 1 fully saturated rings. The standard InChI is InChI=1S/C15H19N3OS/c16-8-12-11-6-7-17-9-13(11)20-15(12)18-14(19)10-4-2-1-3-5-10/h10,17H,1-7,9H2,(H,18,19). The van der Waals surface area contributed by atoms with E-state index in [2.05, 4.69) is 16.7 Å². The summed E-state index contributed by atoms with van der Waals surface area (Å²) in [6.45, 7) is 1.72. The Kier molecular flexibility index (Phi) is 4.04. The summed E-state index contributed by atoms with van der Waals surface area (Å²) in [7, 11) is 0. The fourth-order valence-corrected chi connectivity index (χ4v) is 4.29. The molecule has 0 unspecified atom stereocenters. The fraction of sp³-hybridized carbons (Fsp3) is 0.600. The van der Waals surface area contributed by atoms with E-state index in [0.717, 1.165) is 55.8 Å². The Labute approximate surface area is 123 Å². The monoisotopic (exact) mass is 289 g/mol.